The first-order chi connectivity index (χ1) is 10.6. The molecular weight excluding hydrogens is 302 g/mol. The van der Waals surface area contributed by atoms with Crippen LogP contribution in [0.4, 0.5) is 0 Å². The standard InChI is InChI=1S/C15H20ClN5O/c1-3-15(2,20-8-10-22-11-9-20)14-17-18-19-21(14)13-6-4-12(16)5-7-13/h4-7H,3,8-11H2,1-2H3. The first-order valence-corrected chi connectivity index (χ1v) is 7.90. The Bertz CT molecular complexity index is 623. The van der Waals surface area contributed by atoms with E-state index in [1.165, 1.54) is 0 Å². The minimum atomic E-state index is -0.229. The quantitative estimate of drug-likeness (QED) is 0.864. The smallest absolute Gasteiger partial charge is 0.176 e. The van der Waals surface area contributed by atoms with Gasteiger partial charge >= 0.3 is 0 Å². The van der Waals surface area contributed by atoms with Crippen molar-refractivity contribution in [1.29, 1.82) is 0 Å². The van der Waals surface area contributed by atoms with E-state index < -0.39 is 0 Å². The van der Waals surface area contributed by atoms with Gasteiger partial charge in [-0.15, -0.1) is 5.10 Å². The van der Waals surface area contributed by atoms with E-state index in [-0.39, 0.29) is 5.54 Å². The van der Waals surface area contributed by atoms with E-state index in [9.17, 15) is 0 Å². The summed E-state index contributed by atoms with van der Waals surface area (Å²) in [5.74, 6) is 0.847. The lowest BCUT2D eigenvalue weighted by molar-refractivity contribution is -0.0240. The Balaban J connectivity index is 1.99. The number of tetrazole rings is 1. The molecule has 0 saturated carbocycles. The third-order valence-corrected chi connectivity index (χ3v) is 4.67. The summed E-state index contributed by atoms with van der Waals surface area (Å²) < 4.78 is 7.27. The summed E-state index contributed by atoms with van der Waals surface area (Å²) in [6.45, 7) is 7.62. The van der Waals surface area contributed by atoms with E-state index in [4.69, 9.17) is 16.3 Å². The highest BCUT2D eigenvalue weighted by atomic mass is 35.5. The van der Waals surface area contributed by atoms with E-state index in [0.29, 0.717) is 5.02 Å². The average Bonchev–Trinajstić information content (AvgIpc) is 3.06. The Morgan fingerprint density at radius 2 is 1.91 bits per heavy atom. The van der Waals surface area contributed by atoms with Crippen LogP contribution in [-0.2, 0) is 10.3 Å². The van der Waals surface area contributed by atoms with Crippen molar-refractivity contribution in [2.75, 3.05) is 26.3 Å². The number of nitrogens with zero attached hydrogens (tertiary/aromatic N) is 5. The van der Waals surface area contributed by atoms with Gasteiger partial charge in [-0.1, -0.05) is 18.5 Å². The van der Waals surface area contributed by atoms with Crippen LogP contribution < -0.4 is 0 Å². The van der Waals surface area contributed by atoms with Crippen LogP contribution >= 0.6 is 11.6 Å². The third kappa shape index (κ3) is 2.74. The number of rotatable bonds is 4. The largest absolute Gasteiger partial charge is 0.379 e. The zero-order chi connectivity index (χ0) is 15.6. The molecule has 0 bridgehead atoms. The maximum Gasteiger partial charge on any atom is 0.176 e. The Hall–Kier alpha value is -1.50. The molecule has 7 heteroatoms. The second kappa shape index (κ2) is 6.32. The summed E-state index contributed by atoms with van der Waals surface area (Å²) in [4.78, 5) is 2.40. The molecule has 0 aliphatic carbocycles. The topological polar surface area (TPSA) is 56.1 Å². The maximum absolute atomic E-state index is 5.97. The molecule has 0 radical (unpaired) electrons. The number of benzene rings is 1. The summed E-state index contributed by atoms with van der Waals surface area (Å²) in [5.41, 5.74) is 0.685. The molecule has 3 rings (SSSR count). The molecule has 1 aromatic heterocycles. The van der Waals surface area contributed by atoms with Crippen molar-refractivity contribution in [3.05, 3.63) is 35.1 Å². The monoisotopic (exact) mass is 321 g/mol. The van der Waals surface area contributed by atoms with Gasteiger partial charge < -0.3 is 4.74 Å². The van der Waals surface area contributed by atoms with Crippen molar-refractivity contribution in [2.24, 2.45) is 0 Å². The lowest BCUT2D eigenvalue weighted by Gasteiger charge is -2.41. The average molecular weight is 322 g/mol. The first kappa shape index (κ1) is 15.4. The first-order valence-electron chi connectivity index (χ1n) is 7.53. The number of aromatic nitrogens is 4. The normalized spacial score (nSPS) is 19.0. The van der Waals surface area contributed by atoms with Crippen molar-refractivity contribution in [1.82, 2.24) is 25.1 Å². The molecule has 0 spiro atoms. The van der Waals surface area contributed by atoms with Crippen LogP contribution in [0, 0.1) is 0 Å². The van der Waals surface area contributed by atoms with E-state index >= 15 is 0 Å². The highest BCUT2D eigenvalue weighted by Crippen LogP contribution is 2.31. The number of hydrogen-bond acceptors (Lipinski definition) is 5. The van der Waals surface area contributed by atoms with Crippen molar-refractivity contribution < 1.29 is 4.74 Å². The fourth-order valence-electron chi connectivity index (χ4n) is 2.86. The molecule has 6 nitrogen and oxygen atoms in total. The van der Waals surface area contributed by atoms with Crippen LogP contribution in [0.15, 0.2) is 24.3 Å². The Kier molecular flexibility index (Phi) is 4.42. The maximum atomic E-state index is 5.97. The number of ether oxygens (including phenoxy) is 1. The zero-order valence-electron chi connectivity index (χ0n) is 12.9. The predicted molar refractivity (Wildman–Crippen MR) is 84.2 cm³/mol. The van der Waals surface area contributed by atoms with Gasteiger partial charge in [-0.25, -0.2) is 0 Å². The minimum Gasteiger partial charge on any atom is -0.379 e. The van der Waals surface area contributed by atoms with Crippen molar-refractivity contribution >= 4 is 11.6 Å². The van der Waals surface area contributed by atoms with E-state index in [1.54, 1.807) is 4.68 Å². The van der Waals surface area contributed by atoms with Gasteiger partial charge in [0.05, 0.1) is 24.4 Å². The molecular formula is C15H20ClN5O. The fraction of sp³-hybridized carbons (Fsp3) is 0.533. The molecule has 1 fully saturated rings. The molecule has 2 heterocycles. The number of halogens is 1. The molecule has 1 unspecified atom stereocenters. The Morgan fingerprint density at radius 3 is 2.55 bits per heavy atom. The molecule has 1 saturated heterocycles. The lowest BCUT2D eigenvalue weighted by atomic mass is 9.94. The molecule has 1 aliphatic heterocycles. The molecule has 0 amide bonds. The molecule has 2 aromatic rings. The summed E-state index contributed by atoms with van der Waals surface area (Å²) in [6.07, 6.45) is 0.918. The highest BCUT2D eigenvalue weighted by Gasteiger charge is 2.38. The summed E-state index contributed by atoms with van der Waals surface area (Å²) in [5, 5.41) is 13.1. The third-order valence-electron chi connectivity index (χ3n) is 4.42. The van der Waals surface area contributed by atoms with Gasteiger partial charge in [-0.05, 0) is 48.0 Å². The molecule has 1 aromatic carbocycles. The van der Waals surface area contributed by atoms with Gasteiger partial charge in [-0.2, -0.15) is 4.68 Å². The lowest BCUT2D eigenvalue weighted by Crippen LogP contribution is -2.50. The van der Waals surface area contributed by atoms with E-state index in [2.05, 4.69) is 34.3 Å². The molecule has 1 aliphatic rings. The Morgan fingerprint density at radius 1 is 1.23 bits per heavy atom. The van der Waals surface area contributed by atoms with Crippen LogP contribution in [0.2, 0.25) is 5.02 Å². The highest BCUT2D eigenvalue weighted by molar-refractivity contribution is 6.30. The van der Waals surface area contributed by atoms with Gasteiger partial charge in [-0.3, -0.25) is 4.90 Å². The van der Waals surface area contributed by atoms with Gasteiger partial charge in [0.2, 0.25) is 0 Å². The second-order valence-electron chi connectivity index (χ2n) is 5.62. The zero-order valence-corrected chi connectivity index (χ0v) is 13.6. The van der Waals surface area contributed by atoms with Gasteiger partial charge in [0.25, 0.3) is 0 Å². The van der Waals surface area contributed by atoms with Gasteiger partial charge in [0.1, 0.15) is 0 Å². The minimum absolute atomic E-state index is 0.229. The molecule has 1 atom stereocenters. The van der Waals surface area contributed by atoms with Crippen LogP contribution in [0.1, 0.15) is 26.1 Å². The van der Waals surface area contributed by atoms with Crippen LogP contribution in [0.3, 0.4) is 0 Å². The SMILES string of the molecule is CCC(C)(c1nnnn1-c1ccc(Cl)cc1)N1CCOCC1. The molecule has 22 heavy (non-hydrogen) atoms. The predicted octanol–water partition coefficient (Wildman–Crippen LogP) is 2.27. The van der Waals surface area contributed by atoms with Crippen LogP contribution in [-0.4, -0.2) is 51.4 Å². The van der Waals surface area contributed by atoms with Crippen LogP contribution in [0.5, 0.6) is 0 Å². The summed E-state index contributed by atoms with van der Waals surface area (Å²) in [7, 11) is 0. The van der Waals surface area contributed by atoms with E-state index in [0.717, 1.165) is 44.2 Å². The summed E-state index contributed by atoms with van der Waals surface area (Å²) >= 11 is 5.97. The number of morpholine rings is 1. The van der Waals surface area contributed by atoms with Gasteiger partial charge in [0.15, 0.2) is 5.82 Å². The van der Waals surface area contributed by atoms with E-state index in [1.807, 2.05) is 24.3 Å². The van der Waals surface area contributed by atoms with Crippen molar-refractivity contribution in [3.8, 4) is 5.69 Å². The van der Waals surface area contributed by atoms with Crippen LogP contribution in [0.25, 0.3) is 5.69 Å². The molecule has 118 valence electrons. The van der Waals surface area contributed by atoms with Gasteiger partial charge in [0, 0.05) is 18.1 Å². The summed E-state index contributed by atoms with van der Waals surface area (Å²) in [6, 6.07) is 7.55. The number of hydrogen-bond donors (Lipinski definition) is 0. The fourth-order valence-corrected chi connectivity index (χ4v) is 2.99. The molecule has 0 N–H and O–H groups in total. The van der Waals surface area contributed by atoms with Crippen molar-refractivity contribution in [3.63, 3.8) is 0 Å². The second-order valence-corrected chi connectivity index (χ2v) is 6.05. The Labute approximate surface area is 135 Å². The van der Waals surface area contributed by atoms with Crippen molar-refractivity contribution in [2.45, 2.75) is 25.8 Å².